The van der Waals surface area contributed by atoms with E-state index in [4.69, 9.17) is 0 Å². The molecule has 0 unspecified atom stereocenters. The van der Waals surface area contributed by atoms with Crippen LogP contribution in [0, 0.1) is 5.82 Å². The zero-order valence-electron chi connectivity index (χ0n) is 17.0. The van der Waals surface area contributed by atoms with Crippen LogP contribution in [-0.4, -0.2) is 27.0 Å². The second kappa shape index (κ2) is 9.46. The third-order valence-electron chi connectivity index (χ3n) is 4.61. The number of halogens is 1. The highest BCUT2D eigenvalue weighted by Gasteiger charge is 2.16. The highest BCUT2D eigenvalue weighted by molar-refractivity contribution is 7.99. The largest absolute Gasteiger partial charge is 0.351 e. The molecule has 0 aliphatic heterocycles. The quantitative estimate of drug-likeness (QED) is 0.250. The Morgan fingerprint density at radius 1 is 1.09 bits per heavy atom. The van der Waals surface area contributed by atoms with Gasteiger partial charge in [0.05, 0.1) is 33.8 Å². The first-order valence-corrected chi connectivity index (χ1v) is 11.5. The summed E-state index contributed by atoms with van der Waals surface area (Å²) in [6.45, 7) is 1.81. The monoisotopic (exact) mass is 467 g/mol. The Labute approximate surface area is 191 Å². The smallest absolute Gasteiger partial charge is 0.266 e. The molecule has 0 saturated heterocycles. The summed E-state index contributed by atoms with van der Waals surface area (Å²) >= 11 is 2.47. The van der Waals surface area contributed by atoms with Gasteiger partial charge in [-0.05, 0) is 48.5 Å². The summed E-state index contributed by atoms with van der Waals surface area (Å²) in [5.41, 5.74) is 0.712. The first-order chi connectivity index (χ1) is 15.4. The van der Waals surface area contributed by atoms with E-state index in [0.717, 1.165) is 16.6 Å². The maximum atomic E-state index is 13.4. The second-order valence-electron chi connectivity index (χ2n) is 6.92. The minimum atomic E-state index is -0.410. The zero-order valence-corrected chi connectivity index (χ0v) is 18.6. The number of hydrogen-bond donors (Lipinski definition) is 1. The van der Waals surface area contributed by atoms with E-state index in [0.29, 0.717) is 33.2 Å². The van der Waals surface area contributed by atoms with Crippen LogP contribution < -0.4 is 10.9 Å². The summed E-state index contributed by atoms with van der Waals surface area (Å²) in [4.78, 5) is 43.0. The molecule has 2 aromatic heterocycles. The van der Waals surface area contributed by atoms with Crippen molar-refractivity contribution in [3.05, 3.63) is 86.6 Å². The van der Waals surface area contributed by atoms with Gasteiger partial charge < -0.3 is 5.32 Å². The van der Waals surface area contributed by atoms with E-state index in [1.807, 2.05) is 0 Å². The van der Waals surface area contributed by atoms with Gasteiger partial charge in [0, 0.05) is 11.8 Å². The van der Waals surface area contributed by atoms with Crippen LogP contribution in [0.1, 0.15) is 21.5 Å². The van der Waals surface area contributed by atoms with Crippen LogP contribution in [0.4, 0.5) is 4.39 Å². The predicted molar refractivity (Wildman–Crippen MR) is 124 cm³/mol. The third kappa shape index (κ3) is 4.79. The number of ketones is 1. The molecule has 0 saturated carbocycles. The average Bonchev–Trinajstić information content (AvgIpc) is 3.26. The van der Waals surface area contributed by atoms with Crippen molar-refractivity contribution in [1.29, 1.82) is 0 Å². The molecule has 1 amide bonds. The van der Waals surface area contributed by atoms with Gasteiger partial charge in [0.2, 0.25) is 5.91 Å². The van der Waals surface area contributed by atoms with Crippen molar-refractivity contribution in [1.82, 2.24) is 14.9 Å². The van der Waals surface area contributed by atoms with Crippen molar-refractivity contribution in [2.45, 2.75) is 18.6 Å². The molecule has 2 heterocycles. The molecule has 6 nitrogen and oxygen atoms in total. The molecule has 4 aromatic rings. The molecule has 0 radical (unpaired) electrons. The van der Waals surface area contributed by atoms with Crippen LogP contribution in [0.15, 0.2) is 70.6 Å². The van der Waals surface area contributed by atoms with Gasteiger partial charge in [-0.25, -0.2) is 9.37 Å². The number of Topliss-reactive ketones (excluding diaryl/α,β-unsaturated/α-hetero) is 1. The standard InChI is InChI=1S/C23H18FN3O3S2/c1-14(28)25-12-17-10-11-21(32-17)20(29)13-31-23-26-19-5-3-2-4-18(19)22(30)27(23)16-8-6-15(24)7-9-16/h2-11H,12-13H2,1H3,(H,25,28). The van der Waals surface area contributed by atoms with Crippen molar-refractivity contribution < 1.29 is 14.0 Å². The first kappa shape index (κ1) is 21.9. The van der Waals surface area contributed by atoms with Crippen LogP contribution in [0.2, 0.25) is 0 Å². The van der Waals surface area contributed by atoms with Gasteiger partial charge in [-0.2, -0.15) is 0 Å². The minimum absolute atomic E-state index is 0.0755. The Bertz CT molecular complexity index is 1360. The van der Waals surface area contributed by atoms with E-state index in [9.17, 15) is 18.8 Å². The molecular weight excluding hydrogens is 449 g/mol. The molecular formula is C23H18FN3O3S2. The molecule has 0 aliphatic rings. The number of fused-ring (bicyclic) bond motifs is 1. The van der Waals surface area contributed by atoms with Crippen molar-refractivity contribution in [2.75, 3.05) is 5.75 Å². The number of aromatic nitrogens is 2. The number of thiophene rings is 1. The maximum absolute atomic E-state index is 13.4. The summed E-state index contributed by atoms with van der Waals surface area (Å²) in [5, 5.41) is 3.49. The fourth-order valence-corrected chi connectivity index (χ4v) is 4.93. The topological polar surface area (TPSA) is 81.1 Å². The molecule has 1 N–H and O–H groups in total. The third-order valence-corrected chi connectivity index (χ3v) is 6.68. The van der Waals surface area contributed by atoms with Crippen LogP contribution >= 0.6 is 23.1 Å². The summed E-state index contributed by atoms with van der Waals surface area (Å²) < 4.78 is 14.8. The molecule has 9 heteroatoms. The fourth-order valence-electron chi connectivity index (χ4n) is 3.06. The molecule has 0 bridgehead atoms. The van der Waals surface area contributed by atoms with Crippen molar-refractivity contribution >= 4 is 45.7 Å². The highest BCUT2D eigenvalue weighted by atomic mass is 32.2. The molecule has 4 rings (SSSR count). The predicted octanol–water partition coefficient (Wildman–Crippen LogP) is 4.20. The fraction of sp³-hybridized carbons (Fsp3) is 0.130. The van der Waals surface area contributed by atoms with Gasteiger partial charge in [-0.1, -0.05) is 23.9 Å². The van der Waals surface area contributed by atoms with Crippen molar-refractivity contribution in [3.63, 3.8) is 0 Å². The number of thioether (sulfide) groups is 1. The Balaban J connectivity index is 1.63. The number of nitrogens with one attached hydrogen (secondary N) is 1. The van der Waals surface area contributed by atoms with Crippen LogP contribution in [-0.2, 0) is 11.3 Å². The lowest BCUT2D eigenvalue weighted by molar-refractivity contribution is -0.119. The van der Waals surface area contributed by atoms with E-state index in [-0.39, 0.29) is 23.0 Å². The SMILES string of the molecule is CC(=O)NCc1ccc(C(=O)CSc2nc3ccccc3c(=O)n2-c2ccc(F)cc2)s1. The van der Waals surface area contributed by atoms with Gasteiger partial charge >= 0.3 is 0 Å². The van der Waals surface area contributed by atoms with Gasteiger partial charge in [0.25, 0.3) is 5.56 Å². The number of rotatable bonds is 7. The lowest BCUT2D eigenvalue weighted by atomic mass is 10.2. The minimum Gasteiger partial charge on any atom is -0.351 e. The second-order valence-corrected chi connectivity index (χ2v) is 9.03. The van der Waals surface area contributed by atoms with Gasteiger partial charge in [0.15, 0.2) is 10.9 Å². The van der Waals surface area contributed by atoms with Crippen LogP contribution in [0.5, 0.6) is 0 Å². The van der Waals surface area contributed by atoms with E-state index in [2.05, 4.69) is 10.3 Å². The van der Waals surface area contributed by atoms with Crippen LogP contribution in [0.3, 0.4) is 0 Å². The molecule has 32 heavy (non-hydrogen) atoms. The summed E-state index contributed by atoms with van der Waals surface area (Å²) in [6, 6.07) is 16.1. The van der Waals surface area contributed by atoms with Crippen molar-refractivity contribution in [2.24, 2.45) is 0 Å². The molecule has 0 fully saturated rings. The number of carbonyl (C=O) groups is 2. The number of hydrogen-bond acceptors (Lipinski definition) is 6. The molecule has 0 spiro atoms. The average molecular weight is 468 g/mol. The highest BCUT2D eigenvalue weighted by Crippen LogP contribution is 2.24. The van der Waals surface area contributed by atoms with E-state index in [1.165, 1.54) is 47.1 Å². The normalized spacial score (nSPS) is 10.9. The lowest BCUT2D eigenvalue weighted by Crippen LogP contribution is -2.22. The number of nitrogens with zero attached hydrogens (tertiary/aromatic N) is 2. The van der Waals surface area contributed by atoms with E-state index >= 15 is 0 Å². The van der Waals surface area contributed by atoms with Gasteiger partial charge in [-0.3, -0.25) is 19.0 Å². The number of amides is 1. The van der Waals surface area contributed by atoms with Gasteiger partial charge in [0.1, 0.15) is 5.82 Å². The summed E-state index contributed by atoms with van der Waals surface area (Å²) in [6.07, 6.45) is 0. The zero-order chi connectivity index (χ0) is 22.7. The number of benzene rings is 2. The van der Waals surface area contributed by atoms with Gasteiger partial charge in [-0.15, -0.1) is 11.3 Å². The maximum Gasteiger partial charge on any atom is 0.266 e. The molecule has 162 valence electrons. The number of carbonyl (C=O) groups excluding carboxylic acids is 2. The van der Waals surface area contributed by atoms with Crippen LogP contribution in [0.25, 0.3) is 16.6 Å². The number of para-hydroxylation sites is 1. The Kier molecular flexibility index (Phi) is 6.48. The van der Waals surface area contributed by atoms with E-state index in [1.54, 1.807) is 36.4 Å². The Hall–Kier alpha value is -3.30. The summed E-state index contributed by atoms with van der Waals surface area (Å²) in [7, 11) is 0. The van der Waals surface area contributed by atoms with Crippen molar-refractivity contribution in [3.8, 4) is 5.69 Å². The molecule has 0 atom stereocenters. The van der Waals surface area contributed by atoms with E-state index < -0.39 is 5.82 Å². The molecule has 0 aliphatic carbocycles. The Morgan fingerprint density at radius 2 is 1.84 bits per heavy atom. The lowest BCUT2D eigenvalue weighted by Gasteiger charge is -2.13. The summed E-state index contributed by atoms with van der Waals surface area (Å²) in [5.74, 6) is -0.579. The first-order valence-electron chi connectivity index (χ1n) is 9.69. The Morgan fingerprint density at radius 3 is 2.59 bits per heavy atom. The molecule has 2 aromatic carbocycles.